The Hall–Kier alpha value is -0.770. The lowest BCUT2D eigenvalue weighted by atomic mass is 9.88. The summed E-state index contributed by atoms with van der Waals surface area (Å²) in [7, 11) is 0. The molecule has 2 N–H and O–H groups in total. The first-order valence-electron chi connectivity index (χ1n) is 4.73. The lowest BCUT2D eigenvalue weighted by Gasteiger charge is -2.40. The van der Waals surface area contributed by atoms with Gasteiger partial charge in [0.1, 0.15) is 0 Å². The van der Waals surface area contributed by atoms with Crippen LogP contribution in [-0.4, -0.2) is 38.9 Å². The van der Waals surface area contributed by atoms with Gasteiger partial charge in [-0.15, -0.1) is 0 Å². The molecule has 0 saturated carbocycles. The van der Waals surface area contributed by atoms with Gasteiger partial charge >= 0.3 is 6.09 Å². The van der Waals surface area contributed by atoms with E-state index < -0.39 is 11.7 Å². The Morgan fingerprint density at radius 1 is 1.38 bits per heavy atom. The van der Waals surface area contributed by atoms with Crippen molar-refractivity contribution in [3.63, 3.8) is 0 Å². The van der Waals surface area contributed by atoms with Crippen molar-refractivity contribution < 1.29 is 15.0 Å². The normalized spacial score (nSPS) is 43.7. The highest BCUT2D eigenvalue weighted by atomic mass is 16.4. The molecule has 2 bridgehead atoms. The SMILES string of the molecule is C[C@]1(O)C[C@H]2CC[C@@H](C1)N2C(=O)O. The van der Waals surface area contributed by atoms with Gasteiger partial charge in [0, 0.05) is 12.1 Å². The van der Waals surface area contributed by atoms with Crippen molar-refractivity contribution in [1.29, 1.82) is 0 Å². The molecule has 0 aromatic carbocycles. The molecule has 4 heteroatoms. The van der Waals surface area contributed by atoms with Crippen LogP contribution in [0.1, 0.15) is 32.6 Å². The van der Waals surface area contributed by atoms with Crippen LogP contribution in [0.4, 0.5) is 4.79 Å². The van der Waals surface area contributed by atoms with Crippen LogP contribution in [0.3, 0.4) is 0 Å². The molecule has 0 aromatic heterocycles. The van der Waals surface area contributed by atoms with Gasteiger partial charge in [0.25, 0.3) is 0 Å². The summed E-state index contributed by atoms with van der Waals surface area (Å²) in [6, 6.07) is 0.0949. The van der Waals surface area contributed by atoms with Crippen molar-refractivity contribution in [2.75, 3.05) is 0 Å². The molecule has 4 nitrogen and oxygen atoms in total. The first-order chi connectivity index (χ1) is 5.99. The number of carbonyl (C=O) groups is 1. The van der Waals surface area contributed by atoms with E-state index in [0.29, 0.717) is 12.8 Å². The zero-order valence-corrected chi connectivity index (χ0v) is 7.73. The average Bonchev–Trinajstić information content (AvgIpc) is 2.23. The molecule has 3 atom stereocenters. The molecule has 2 fully saturated rings. The predicted molar refractivity (Wildman–Crippen MR) is 46.5 cm³/mol. The van der Waals surface area contributed by atoms with Crippen molar-refractivity contribution in [2.24, 2.45) is 0 Å². The van der Waals surface area contributed by atoms with Crippen LogP contribution in [0.15, 0.2) is 0 Å². The van der Waals surface area contributed by atoms with Gasteiger partial charge in [-0.25, -0.2) is 4.79 Å². The summed E-state index contributed by atoms with van der Waals surface area (Å²) in [6.45, 7) is 1.80. The minimum Gasteiger partial charge on any atom is -0.465 e. The van der Waals surface area contributed by atoms with Crippen molar-refractivity contribution in [1.82, 2.24) is 4.90 Å². The molecule has 2 saturated heterocycles. The maximum atomic E-state index is 10.9. The molecule has 0 aromatic rings. The minimum atomic E-state index is -0.831. The number of nitrogens with zero attached hydrogens (tertiary/aromatic N) is 1. The molecule has 74 valence electrons. The van der Waals surface area contributed by atoms with Crippen LogP contribution >= 0.6 is 0 Å². The lowest BCUT2D eigenvalue weighted by Crippen LogP contribution is -2.51. The Morgan fingerprint density at radius 2 is 1.85 bits per heavy atom. The number of fused-ring (bicyclic) bond motifs is 2. The van der Waals surface area contributed by atoms with Gasteiger partial charge in [0.15, 0.2) is 0 Å². The molecular formula is C9H15NO3. The van der Waals surface area contributed by atoms with Gasteiger partial charge in [-0.2, -0.15) is 0 Å². The van der Waals surface area contributed by atoms with Crippen LogP contribution in [0, 0.1) is 0 Å². The fourth-order valence-electron chi connectivity index (χ4n) is 2.77. The standard InChI is InChI=1S/C9H15NO3/c1-9(13)4-6-2-3-7(5-9)10(6)8(11)12/h6-7,13H,2-5H2,1H3,(H,11,12)/t6-,7+,9+. The number of piperidine rings is 1. The Morgan fingerprint density at radius 3 is 2.23 bits per heavy atom. The van der Waals surface area contributed by atoms with E-state index in [1.54, 1.807) is 6.92 Å². The van der Waals surface area contributed by atoms with Gasteiger partial charge in [0.05, 0.1) is 5.60 Å². The first kappa shape index (κ1) is 8.81. The highest BCUT2D eigenvalue weighted by Crippen LogP contribution is 2.40. The number of hydrogen-bond donors (Lipinski definition) is 2. The third-order valence-electron chi connectivity index (χ3n) is 3.19. The van der Waals surface area contributed by atoms with Gasteiger partial charge in [-0.1, -0.05) is 0 Å². The molecule has 13 heavy (non-hydrogen) atoms. The van der Waals surface area contributed by atoms with Gasteiger partial charge < -0.3 is 15.1 Å². The Bertz CT molecular complexity index is 223. The predicted octanol–water partition coefficient (Wildman–Crippen LogP) is 1.04. The number of aliphatic hydroxyl groups is 1. The average molecular weight is 185 g/mol. The molecule has 2 aliphatic rings. The summed E-state index contributed by atoms with van der Waals surface area (Å²) < 4.78 is 0. The highest BCUT2D eigenvalue weighted by molar-refractivity contribution is 5.66. The quantitative estimate of drug-likeness (QED) is 0.592. The van der Waals surface area contributed by atoms with E-state index in [9.17, 15) is 9.90 Å². The monoisotopic (exact) mass is 185 g/mol. The maximum Gasteiger partial charge on any atom is 0.407 e. The molecule has 0 spiro atoms. The fraction of sp³-hybridized carbons (Fsp3) is 0.889. The van der Waals surface area contributed by atoms with Gasteiger partial charge in [-0.3, -0.25) is 0 Å². The summed E-state index contributed by atoms with van der Waals surface area (Å²) in [6.07, 6.45) is 2.18. The highest BCUT2D eigenvalue weighted by Gasteiger charge is 2.47. The number of carboxylic acid groups (broad SMARTS) is 1. The van der Waals surface area contributed by atoms with E-state index in [0.717, 1.165) is 12.8 Å². The lowest BCUT2D eigenvalue weighted by molar-refractivity contribution is -0.0307. The molecule has 1 amide bonds. The third kappa shape index (κ3) is 1.39. The minimum absolute atomic E-state index is 0.0475. The zero-order chi connectivity index (χ0) is 9.64. The summed E-state index contributed by atoms with van der Waals surface area (Å²) in [5.74, 6) is 0. The number of hydrogen-bond acceptors (Lipinski definition) is 2. The molecule has 2 aliphatic heterocycles. The summed E-state index contributed by atoms with van der Waals surface area (Å²) >= 11 is 0. The van der Waals surface area contributed by atoms with E-state index in [1.165, 1.54) is 4.90 Å². The Labute approximate surface area is 77.2 Å². The first-order valence-corrected chi connectivity index (χ1v) is 4.73. The third-order valence-corrected chi connectivity index (χ3v) is 3.19. The molecule has 0 radical (unpaired) electrons. The molecular weight excluding hydrogens is 170 g/mol. The summed E-state index contributed by atoms with van der Waals surface area (Å²) in [4.78, 5) is 12.4. The summed E-state index contributed by atoms with van der Waals surface area (Å²) in [5.41, 5.74) is -0.655. The summed E-state index contributed by atoms with van der Waals surface area (Å²) in [5, 5.41) is 18.8. The van der Waals surface area contributed by atoms with Crippen LogP contribution in [0.5, 0.6) is 0 Å². The molecule has 0 aliphatic carbocycles. The second kappa shape index (κ2) is 2.61. The Balaban J connectivity index is 2.18. The second-order valence-corrected chi connectivity index (χ2v) is 4.48. The number of amides is 1. The topological polar surface area (TPSA) is 60.8 Å². The van der Waals surface area contributed by atoms with Crippen LogP contribution in [-0.2, 0) is 0 Å². The van der Waals surface area contributed by atoms with E-state index in [4.69, 9.17) is 5.11 Å². The Kier molecular flexibility index (Phi) is 1.77. The largest absolute Gasteiger partial charge is 0.465 e. The second-order valence-electron chi connectivity index (χ2n) is 4.48. The van der Waals surface area contributed by atoms with E-state index in [2.05, 4.69) is 0 Å². The van der Waals surface area contributed by atoms with Gasteiger partial charge in [-0.05, 0) is 32.6 Å². The fourth-order valence-corrected chi connectivity index (χ4v) is 2.77. The van der Waals surface area contributed by atoms with E-state index in [1.807, 2.05) is 0 Å². The van der Waals surface area contributed by atoms with Crippen LogP contribution in [0.25, 0.3) is 0 Å². The van der Waals surface area contributed by atoms with Crippen molar-refractivity contribution in [2.45, 2.75) is 50.3 Å². The van der Waals surface area contributed by atoms with Crippen molar-refractivity contribution in [3.05, 3.63) is 0 Å². The van der Waals surface area contributed by atoms with Crippen molar-refractivity contribution >= 4 is 6.09 Å². The van der Waals surface area contributed by atoms with Crippen molar-refractivity contribution in [3.8, 4) is 0 Å². The van der Waals surface area contributed by atoms with E-state index >= 15 is 0 Å². The number of rotatable bonds is 0. The smallest absolute Gasteiger partial charge is 0.407 e. The van der Waals surface area contributed by atoms with Gasteiger partial charge in [0.2, 0.25) is 0 Å². The van der Waals surface area contributed by atoms with Crippen LogP contribution < -0.4 is 0 Å². The molecule has 0 unspecified atom stereocenters. The molecule has 2 heterocycles. The van der Waals surface area contributed by atoms with E-state index in [-0.39, 0.29) is 12.1 Å². The van der Waals surface area contributed by atoms with Crippen LogP contribution in [0.2, 0.25) is 0 Å². The maximum absolute atomic E-state index is 10.9. The molecule has 2 rings (SSSR count). The zero-order valence-electron chi connectivity index (χ0n) is 7.73.